The van der Waals surface area contributed by atoms with Gasteiger partial charge in [0, 0.05) is 35.6 Å². The molecule has 8 heteroatoms. The van der Waals surface area contributed by atoms with Crippen molar-refractivity contribution in [2.45, 2.75) is 38.3 Å². The van der Waals surface area contributed by atoms with Crippen LogP contribution in [0.15, 0.2) is 42.6 Å². The molecule has 1 aliphatic heterocycles. The molecule has 2 aromatic carbocycles. The van der Waals surface area contributed by atoms with Gasteiger partial charge >= 0.3 is 6.03 Å². The number of fused-ring (bicyclic) bond motifs is 2. The van der Waals surface area contributed by atoms with Gasteiger partial charge in [0.25, 0.3) is 5.91 Å². The van der Waals surface area contributed by atoms with Gasteiger partial charge in [-0.05, 0) is 48.6 Å². The third-order valence-electron chi connectivity index (χ3n) is 6.16. The topological polar surface area (TPSA) is 115 Å². The molecule has 0 radical (unpaired) electrons. The number of ether oxygens (including phenoxy) is 1. The molecule has 0 spiro atoms. The van der Waals surface area contributed by atoms with E-state index in [4.69, 9.17) is 4.74 Å². The molecule has 0 bridgehead atoms. The van der Waals surface area contributed by atoms with Crippen LogP contribution in [0, 0.1) is 11.8 Å². The van der Waals surface area contributed by atoms with Gasteiger partial charge in [-0.15, -0.1) is 0 Å². The maximum Gasteiger partial charge on any atom is 0.315 e. The number of carbonyl (C=O) groups is 2. The lowest BCUT2D eigenvalue weighted by Crippen LogP contribution is -2.38. The Morgan fingerprint density at radius 2 is 2.06 bits per heavy atom. The Bertz CT molecular complexity index is 1290. The summed E-state index contributed by atoms with van der Waals surface area (Å²) >= 11 is 0. The SMILES string of the molecule is CNC(=O)NCC#Cc1cc2c(c(C(=O)N[C@H](O)C(C)c3c[nH]c4ccccc34)c1)OCCCC2. The summed E-state index contributed by atoms with van der Waals surface area (Å²) in [5.41, 5.74) is 3.81. The third kappa shape index (κ3) is 5.58. The second kappa shape index (κ2) is 11.0. The molecule has 0 fully saturated rings. The summed E-state index contributed by atoms with van der Waals surface area (Å²) in [5, 5.41) is 19.7. The van der Waals surface area contributed by atoms with E-state index in [-0.39, 0.29) is 18.5 Å². The molecule has 0 saturated heterocycles. The summed E-state index contributed by atoms with van der Waals surface area (Å²) in [4.78, 5) is 27.9. The second-order valence-corrected chi connectivity index (χ2v) is 8.55. The molecule has 3 aromatic rings. The summed E-state index contributed by atoms with van der Waals surface area (Å²) in [5.74, 6) is 5.70. The van der Waals surface area contributed by atoms with Crippen molar-refractivity contribution in [2.24, 2.45) is 0 Å². The van der Waals surface area contributed by atoms with Gasteiger partial charge < -0.3 is 30.8 Å². The lowest BCUT2D eigenvalue weighted by Gasteiger charge is -2.21. The number of benzene rings is 2. The summed E-state index contributed by atoms with van der Waals surface area (Å²) in [6.45, 7) is 2.58. The van der Waals surface area contributed by atoms with Gasteiger partial charge in [0.1, 0.15) is 12.0 Å². The lowest BCUT2D eigenvalue weighted by atomic mass is 9.97. The number of para-hydroxylation sites is 1. The average molecular weight is 475 g/mol. The minimum Gasteiger partial charge on any atom is -0.492 e. The first kappa shape index (κ1) is 24.2. The molecule has 5 N–H and O–H groups in total. The average Bonchev–Trinajstić information content (AvgIpc) is 3.15. The molecule has 2 heterocycles. The van der Waals surface area contributed by atoms with Crippen LogP contribution in [0.4, 0.5) is 4.79 Å². The van der Waals surface area contributed by atoms with E-state index in [2.05, 4.69) is 32.8 Å². The maximum atomic E-state index is 13.3. The van der Waals surface area contributed by atoms with Gasteiger partial charge in [0.05, 0.1) is 18.7 Å². The molecule has 1 unspecified atom stereocenters. The molecule has 1 aromatic heterocycles. The monoisotopic (exact) mass is 474 g/mol. The number of H-pyrrole nitrogens is 1. The number of rotatable bonds is 5. The number of amides is 3. The molecule has 3 amide bonds. The van der Waals surface area contributed by atoms with Crippen molar-refractivity contribution in [1.29, 1.82) is 0 Å². The zero-order valence-corrected chi connectivity index (χ0v) is 19.9. The molecule has 182 valence electrons. The molecule has 0 saturated carbocycles. The van der Waals surface area contributed by atoms with Crippen molar-refractivity contribution >= 4 is 22.8 Å². The van der Waals surface area contributed by atoms with Crippen LogP contribution >= 0.6 is 0 Å². The molecule has 8 nitrogen and oxygen atoms in total. The number of nitrogens with one attached hydrogen (secondary N) is 4. The maximum absolute atomic E-state index is 13.3. The summed E-state index contributed by atoms with van der Waals surface area (Å²) in [6.07, 6.45) is 3.38. The van der Waals surface area contributed by atoms with Crippen molar-refractivity contribution in [3.8, 4) is 17.6 Å². The largest absolute Gasteiger partial charge is 0.492 e. The molecule has 0 aliphatic carbocycles. The van der Waals surface area contributed by atoms with Crippen LogP contribution in [0.3, 0.4) is 0 Å². The van der Waals surface area contributed by atoms with Crippen LogP contribution in [0.1, 0.15) is 52.7 Å². The van der Waals surface area contributed by atoms with Gasteiger partial charge in [-0.3, -0.25) is 4.79 Å². The van der Waals surface area contributed by atoms with E-state index in [1.54, 1.807) is 6.07 Å². The quantitative estimate of drug-likeness (QED) is 0.289. The van der Waals surface area contributed by atoms with Crippen molar-refractivity contribution in [3.05, 3.63) is 64.8 Å². The number of aromatic amines is 1. The van der Waals surface area contributed by atoms with E-state index >= 15 is 0 Å². The standard InChI is InChI=1S/C27H30N4O4/c1-17(22-16-30-23-11-4-3-10-20(22)23)25(32)31-26(33)21-15-18(8-7-12-29-27(34)28-2)14-19-9-5-6-13-35-24(19)21/h3-4,10-11,14-17,25,30,32H,5-6,9,12-13H2,1-2H3,(H,31,33)(H2,28,29,34)/t17?,25-/m1/s1. The van der Waals surface area contributed by atoms with Crippen LogP contribution in [-0.2, 0) is 6.42 Å². The Morgan fingerprint density at radius 1 is 1.23 bits per heavy atom. The van der Waals surface area contributed by atoms with Gasteiger partial charge in [-0.2, -0.15) is 0 Å². The fraction of sp³-hybridized carbons (Fsp3) is 0.333. The van der Waals surface area contributed by atoms with Gasteiger partial charge in [0.2, 0.25) is 0 Å². The van der Waals surface area contributed by atoms with Crippen LogP contribution in [0.25, 0.3) is 10.9 Å². The number of hydrogen-bond donors (Lipinski definition) is 5. The lowest BCUT2D eigenvalue weighted by molar-refractivity contribution is 0.0724. The van der Waals surface area contributed by atoms with Crippen molar-refractivity contribution in [1.82, 2.24) is 20.9 Å². The zero-order valence-electron chi connectivity index (χ0n) is 19.9. The zero-order chi connectivity index (χ0) is 24.8. The van der Waals surface area contributed by atoms with Crippen molar-refractivity contribution in [2.75, 3.05) is 20.2 Å². The Kier molecular flexibility index (Phi) is 7.58. The first-order valence-corrected chi connectivity index (χ1v) is 11.8. The van der Waals surface area contributed by atoms with Crippen LogP contribution in [0.5, 0.6) is 5.75 Å². The van der Waals surface area contributed by atoms with Gasteiger partial charge in [-0.25, -0.2) is 4.79 Å². The fourth-order valence-corrected chi connectivity index (χ4v) is 4.21. The highest BCUT2D eigenvalue weighted by Gasteiger charge is 2.25. The number of aryl methyl sites for hydroxylation is 1. The Labute approximate surface area is 204 Å². The highest BCUT2D eigenvalue weighted by atomic mass is 16.5. The fourth-order valence-electron chi connectivity index (χ4n) is 4.21. The second-order valence-electron chi connectivity index (χ2n) is 8.55. The Hall–Kier alpha value is -3.96. The van der Waals surface area contributed by atoms with E-state index < -0.39 is 12.1 Å². The smallest absolute Gasteiger partial charge is 0.315 e. The van der Waals surface area contributed by atoms with Crippen molar-refractivity contribution in [3.63, 3.8) is 0 Å². The number of aliphatic hydroxyl groups is 1. The molecule has 1 aliphatic rings. The third-order valence-corrected chi connectivity index (χ3v) is 6.16. The minimum atomic E-state index is -1.10. The van der Waals surface area contributed by atoms with E-state index in [1.165, 1.54) is 7.05 Å². The highest BCUT2D eigenvalue weighted by Crippen LogP contribution is 2.31. The van der Waals surface area contributed by atoms with Gasteiger partial charge in [-0.1, -0.05) is 37.0 Å². The summed E-state index contributed by atoms with van der Waals surface area (Å²) < 4.78 is 5.94. The molecular formula is C27H30N4O4. The molecule has 2 atom stereocenters. The summed E-state index contributed by atoms with van der Waals surface area (Å²) in [6, 6.07) is 11.1. The minimum absolute atomic E-state index is 0.176. The van der Waals surface area contributed by atoms with E-state index in [9.17, 15) is 14.7 Å². The summed E-state index contributed by atoms with van der Waals surface area (Å²) in [7, 11) is 1.54. The molecule has 35 heavy (non-hydrogen) atoms. The normalized spacial score (nSPS) is 14.4. The number of aliphatic hydroxyl groups excluding tert-OH is 1. The number of aromatic nitrogens is 1. The highest BCUT2D eigenvalue weighted by molar-refractivity contribution is 5.98. The van der Waals surface area contributed by atoms with E-state index in [0.29, 0.717) is 23.5 Å². The van der Waals surface area contributed by atoms with Crippen molar-refractivity contribution < 1.29 is 19.4 Å². The molecular weight excluding hydrogens is 444 g/mol. The molecule has 4 rings (SSSR count). The Morgan fingerprint density at radius 3 is 2.89 bits per heavy atom. The Balaban J connectivity index is 1.56. The van der Waals surface area contributed by atoms with Crippen LogP contribution in [-0.4, -0.2) is 48.5 Å². The number of urea groups is 1. The van der Waals surface area contributed by atoms with Crippen LogP contribution < -0.4 is 20.7 Å². The predicted molar refractivity (Wildman–Crippen MR) is 134 cm³/mol. The van der Waals surface area contributed by atoms with Gasteiger partial charge in [0.15, 0.2) is 0 Å². The first-order chi connectivity index (χ1) is 17.0. The van der Waals surface area contributed by atoms with E-state index in [1.807, 2.05) is 43.5 Å². The first-order valence-electron chi connectivity index (χ1n) is 11.8. The number of carbonyl (C=O) groups excluding carboxylic acids is 2. The number of hydrogen-bond acceptors (Lipinski definition) is 4. The van der Waals surface area contributed by atoms with E-state index in [0.717, 1.165) is 41.3 Å². The predicted octanol–water partition coefficient (Wildman–Crippen LogP) is 3.02. The van der Waals surface area contributed by atoms with Crippen LogP contribution in [0.2, 0.25) is 0 Å².